The maximum atomic E-state index is 11.6. The fourth-order valence-electron chi connectivity index (χ4n) is 2.19. The molecule has 4 heteroatoms. The minimum absolute atomic E-state index is 0.206. The number of nitrogens with zero attached hydrogens (tertiary/aromatic N) is 1. The molecule has 16 heavy (non-hydrogen) atoms. The molecule has 1 fully saturated rings. The van der Waals surface area contributed by atoms with Crippen molar-refractivity contribution in [3.05, 3.63) is 0 Å². The van der Waals surface area contributed by atoms with Crippen LogP contribution >= 0.6 is 0 Å². The van der Waals surface area contributed by atoms with Crippen LogP contribution in [0.5, 0.6) is 0 Å². The third-order valence-corrected chi connectivity index (χ3v) is 3.10. The second-order valence-corrected chi connectivity index (χ2v) is 4.77. The largest absolute Gasteiger partial charge is 0.352 e. The van der Waals surface area contributed by atoms with Crippen LogP contribution in [0, 0.1) is 0 Å². The van der Waals surface area contributed by atoms with E-state index < -0.39 is 0 Å². The van der Waals surface area contributed by atoms with Gasteiger partial charge in [-0.3, -0.25) is 4.79 Å². The molecule has 0 aromatic rings. The predicted octanol–water partition coefficient (Wildman–Crippen LogP) is 0.716. The first-order valence-electron chi connectivity index (χ1n) is 6.40. The molecule has 1 heterocycles. The van der Waals surface area contributed by atoms with Gasteiger partial charge in [0.1, 0.15) is 0 Å². The quantitative estimate of drug-likeness (QED) is 0.657. The average molecular weight is 227 g/mol. The number of nitrogens with two attached hydrogens (primary N) is 1. The number of likely N-dealkylation sites (tertiary alicyclic amines) is 1. The van der Waals surface area contributed by atoms with Crippen LogP contribution in [-0.4, -0.2) is 43.5 Å². The molecule has 94 valence electrons. The van der Waals surface area contributed by atoms with Crippen LogP contribution in [0.25, 0.3) is 0 Å². The minimum atomic E-state index is 0.206. The maximum Gasteiger partial charge on any atom is 0.220 e. The van der Waals surface area contributed by atoms with E-state index >= 15 is 0 Å². The Morgan fingerprint density at radius 1 is 1.44 bits per heavy atom. The van der Waals surface area contributed by atoms with E-state index in [0.29, 0.717) is 12.5 Å². The van der Waals surface area contributed by atoms with Crippen molar-refractivity contribution in [1.82, 2.24) is 10.2 Å². The summed E-state index contributed by atoms with van der Waals surface area (Å²) in [6.45, 7) is 2.88. The van der Waals surface area contributed by atoms with Gasteiger partial charge in [-0.25, -0.2) is 0 Å². The topological polar surface area (TPSA) is 58.4 Å². The summed E-state index contributed by atoms with van der Waals surface area (Å²) in [5, 5.41) is 3.11. The summed E-state index contributed by atoms with van der Waals surface area (Å²) < 4.78 is 0. The number of unbranched alkanes of at least 4 members (excludes halogenated alkanes) is 2. The van der Waals surface area contributed by atoms with Crippen LogP contribution < -0.4 is 11.1 Å². The van der Waals surface area contributed by atoms with Gasteiger partial charge in [0.05, 0.1) is 0 Å². The SMILES string of the molecule is CN1CCCC(NC(=O)CCCCCN)C1. The van der Waals surface area contributed by atoms with E-state index in [-0.39, 0.29) is 5.91 Å². The Bertz CT molecular complexity index is 208. The zero-order valence-electron chi connectivity index (χ0n) is 10.4. The molecule has 0 aromatic heterocycles. The average Bonchev–Trinajstić information content (AvgIpc) is 2.24. The highest BCUT2D eigenvalue weighted by Crippen LogP contribution is 2.08. The van der Waals surface area contributed by atoms with Crippen molar-refractivity contribution in [2.45, 2.75) is 44.6 Å². The number of carbonyl (C=O) groups is 1. The van der Waals surface area contributed by atoms with E-state index in [1.165, 1.54) is 6.42 Å². The number of amides is 1. The fourth-order valence-corrected chi connectivity index (χ4v) is 2.19. The van der Waals surface area contributed by atoms with Crippen LogP contribution in [0.3, 0.4) is 0 Å². The van der Waals surface area contributed by atoms with Crippen molar-refractivity contribution in [1.29, 1.82) is 0 Å². The number of hydrogen-bond acceptors (Lipinski definition) is 3. The molecule has 4 nitrogen and oxygen atoms in total. The van der Waals surface area contributed by atoms with Gasteiger partial charge in [-0.15, -0.1) is 0 Å². The molecule has 0 bridgehead atoms. The molecule has 0 spiro atoms. The third kappa shape index (κ3) is 5.47. The molecule has 0 aliphatic carbocycles. The van der Waals surface area contributed by atoms with Crippen molar-refractivity contribution in [3.63, 3.8) is 0 Å². The molecular weight excluding hydrogens is 202 g/mol. The lowest BCUT2D eigenvalue weighted by molar-refractivity contribution is -0.122. The lowest BCUT2D eigenvalue weighted by Gasteiger charge is -2.30. The van der Waals surface area contributed by atoms with Crippen LogP contribution in [0.2, 0.25) is 0 Å². The Morgan fingerprint density at radius 3 is 2.94 bits per heavy atom. The molecular formula is C12H25N3O. The van der Waals surface area contributed by atoms with E-state index in [1.807, 2.05) is 0 Å². The van der Waals surface area contributed by atoms with Gasteiger partial charge < -0.3 is 16.0 Å². The lowest BCUT2D eigenvalue weighted by Crippen LogP contribution is -2.46. The minimum Gasteiger partial charge on any atom is -0.352 e. The number of likely N-dealkylation sites (N-methyl/N-ethyl adjacent to an activating group) is 1. The monoisotopic (exact) mass is 227 g/mol. The van der Waals surface area contributed by atoms with Crippen LogP contribution in [0.15, 0.2) is 0 Å². The highest BCUT2D eigenvalue weighted by atomic mass is 16.1. The molecule has 1 aliphatic rings. The summed E-state index contributed by atoms with van der Waals surface area (Å²) in [4.78, 5) is 13.9. The fraction of sp³-hybridized carbons (Fsp3) is 0.917. The maximum absolute atomic E-state index is 11.6. The second kappa shape index (κ2) is 7.63. The molecule has 1 atom stereocenters. The number of nitrogens with one attached hydrogen (secondary N) is 1. The van der Waals surface area contributed by atoms with Gasteiger partial charge in [-0.05, 0) is 45.8 Å². The lowest BCUT2D eigenvalue weighted by atomic mass is 10.1. The van der Waals surface area contributed by atoms with Gasteiger partial charge in [-0.2, -0.15) is 0 Å². The summed E-state index contributed by atoms with van der Waals surface area (Å²) in [5.41, 5.74) is 5.40. The predicted molar refractivity (Wildman–Crippen MR) is 66.2 cm³/mol. The normalized spacial score (nSPS) is 22.0. The van der Waals surface area contributed by atoms with Gasteiger partial charge in [-0.1, -0.05) is 6.42 Å². The number of rotatable bonds is 6. The Kier molecular flexibility index (Phi) is 6.42. The van der Waals surface area contributed by atoms with E-state index in [4.69, 9.17) is 5.73 Å². The van der Waals surface area contributed by atoms with Gasteiger partial charge in [0.15, 0.2) is 0 Å². The summed E-state index contributed by atoms with van der Waals surface area (Å²) in [6, 6.07) is 0.362. The van der Waals surface area contributed by atoms with Gasteiger partial charge in [0.2, 0.25) is 5.91 Å². The first-order valence-corrected chi connectivity index (χ1v) is 6.40. The highest BCUT2D eigenvalue weighted by molar-refractivity contribution is 5.76. The van der Waals surface area contributed by atoms with Gasteiger partial charge in [0, 0.05) is 19.0 Å². The molecule has 1 rings (SSSR count). The van der Waals surface area contributed by atoms with Crippen molar-refractivity contribution in [3.8, 4) is 0 Å². The summed E-state index contributed by atoms with van der Waals surface area (Å²) in [5.74, 6) is 0.206. The van der Waals surface area contributed by atoms with E-state index in [2.05, 4.69) is 17.3 Å². The molecule has 3 N–H and O–H groups in total. The number of piperidine rings is 1. The Morgan fingerprint density at radius 2 is 2.25 bits per heavy atom. The molecule has 0 aromatic carbocycles. The molecule has 1 unspecified atom stereocenters. The smallest absolute Gasteiger partial charge is 0.220 e. The van der Waals surface area contributed by atoms with Crippen molar-refractivity contribution in [2.75, 3.05) is 26.7 Å². The molecule has 0 radical (unpaired) electrons. The van der Waals surface area contributed by atoms with Gasteiger partial charge in [0.25, 0.3) is 0 Å². The van der Waals surface area contributed by atoms with E-state index in [0.717, 1.165) is 45.3 Å². The first-order chi connectivity index (χ1) is 7.72. The zero-order valence-corrected chi connectivity index (χ0v) is 10.4. The van der Waals surface area contributed by atoms with Crippen molar-refractivity contribution in [2.24, 2.45) is 5.73 Å². The summed E-state index contributed by atoms with van der Waals surface area (Å²) in [7, 11) is 2.11. The Balaban J connectivity index is 2.08. The van der Waals surface area contributed by atoms with E-state index in [9.17, 15) is 4.79 Å². The van der Waals surface area contributed by atoms with Crippen molar-refractivity contribution < 1.29 is 4.79 Å². The highest BCUT2D eigenvalue weighted by Gasteiger charge is 2.18. The summed E-state index contributed by atoms with van der Waals surface area (Å²) in [6.07, 6.45) is 6.02. The molecule has 1 amide bonds. The van der Waals surface area contributed by atoms with Crippen LogP contribution in [0.4, 0.5) is 0 Å². The Labute approximate surface area is 98.6 Å². The first kappa shape index (κ1) is 13.5. The number of hydrogen-bond donors (Lipinski definition) is 2. The van der Waals surface area contributed by atoms with Gasteiger partial charge >= 0.3 is 0 Å². The van der Waals surface area contributed by atoms with Crippen molar-refractivity contribution >= 4 is 5.91 Å². The van der Waals surface area contributed by atoms with Crippen LogP contribution in [-0.2, 0) is 4.79 Å². The zero-order chi connectivity index (χ0) is 11.8. The van der Waals surface area contributed by atoms with Crippen LogP contribution in [0.1, 0.15) is 38.5 Å². The second-order valence-electron chi connectivity index (χ2n) is 4.77. The molecule has 0 saturated carbocycles. The molecule has 1 saturated heterocycles. The summed E-state index contributed by atoms with van der Waals surface area (Å²) >= 11 is 0. The number of carbonyl (C=O) groups excluding carboxylic acids is 1. The standard InChI is InChI=1S/C12H25N3O/c1-15-9-5-6-11(10-15)14-12(16)7-3-2-4-8-13/h11H,2-10,13H2,1H3,(H,14,16). The molecule has 1 aliphatic heterocycles. The third-order valence-electron chi connectivity index (χ3n) is 3.10. The Hall–Kier alpha value is -0.610. The van der Waals surface area contributed by atoms with E-state index in [1.54, 1.807) is 0 Å².